The number of carbonyl (C=O) groups is 2. The van der Waals surface area contributed by atoms with Crippen LogP contribution in [0.4, 0.5) is 5.69 Å². The maximum atomic E-state index is 12.1. The van der Waals surface area contributed by atoms with Crippen molar-refractivity contribution < 1.29 is 9.59 Å². The number of amides is 1. The van der Waals surface area contributed by atoms with Gasteiger partial charge < -0.3 is 5.32 Å². The Bertz CT molecular complexity index is 956. The fraction of sp³-hybridized carbons (Fsp3) is 0. The second-order valence-corrected chi connectivity index (χ2v) is 5.92. The van der Waals surface area contributed by atoms with Gasteiger partial charge in [-0.15, -0.1) is 0 Å². The van der Waals surface area contributed by atoms with Gasteiger partial charge >= 0.3 is 0 Å². The number of hydrogen-bond donors (Lipinski definition) is 1. The van der Waals surface area contributed by atoms with Gasteiger partial charge in [0.2, 0.25) is 5.91 Å². The number of rotatable bonds is 6. The summed E-state index contributed by atoms with van der Waals surface area (Å²) in [5.41, 5.74) is 3.21. The second kappa shape index (κ2) is 9.11. The molecule has 1 N–H and O–H groups in total. The van der Waals surface area contributed by atoms with E-state index in [2.05, 4.69) is 5.32 Å². The number of carbonyl (C=O) groups excluding carboxylic acids is 2. The minimum atomic E-state index is -0.193. The Kier molecular flexibility index (Phi) is 6.10. The zero-order chi connectivity index (χ0) is 18.9. The Morgan fingerprint density at radius 1 is 0.630 bits per heavy atom. The second-order valence-electron chi connectivity index (χ2n) is 5.92. The predicted octanol–water partition coefficient (Wildman–Crippen LogP) is 5.23. The molecular weight excluding hydrogens is 334 g/mol. The molecule has 0 saturated carbocycles. The number of allylic oxidation sites excluding steroid dienone is 1. The number of benzene rings is 3. The number of ketones is 1. The molecule has 0 aliphatic heterocycles. The lowest BCUT2D eigenvalue weighted by Crippen LogP contribution is -2.07. The van der Waals surface area contributed by atoms with Crippen LogP contribution < -0.4 is 5.32 Å². The molecule has 1 amide bonds. The van der Waals surface area contributed by atoms with Crippen LogP contribution in [-0.4, -0.2) is 11.7 Å². The Morgan fingerprint density at radius 3 is 1.85 bits per heavy atom. The van der Waals surface area contributed by atoms with Gasteiger partial charge in [-0.2, -0.15) is 0 Å². The first kappa shape index (κ1) is 18.1. The highest BCUT2D eigenvalue weighted by Crippen LogP contribution is 2.12. The number of anilines is 1. The number of hydrogen-bond acceptors (Lipinski definition) is 2. The lowest BCUT2D eigenvalue weighted by molar-refractivity contribution is -0.111. The molecule has 0 fully saturated rings. The van der Waals surface area contributed by atoms with Crippen LogP contribution in [0.3, 0.4) is 0 Å². The van der Waals surface area contributed by atoms with Crippen LogP contribution in [0.2, 0.25) is 0 Å². The van der Waals surface area contributed by atoms with E-state index in [-0.39, 0.29) is 11.7 Å². The highest BCUT2D eigenvalue weighted by atomic mass is 16.1. The molecule has 0 atom stereocenters. The summed E-state index contributed by atoms with van der Waals surface area (Å²) in [4.78, 5) is 24.1. The maximum absolute atomic E-state index is 12.1. The average molecular weight is 353 g/mol. The summed E-state index contributed by atoms with van der Waals surface area (Å²) in [5, 5.41) is 2.81. The fourth-order valence-corrected chi connectivity index (χ4v) is 2.47. The Balaban J connectivity index is 1.57. The van der Waals surface area contributed by atoms with Crippen molar-refractivity contribution in [2.45, 2.75) is 0 Å². The molecule has 3 heteroatoms. The zero-order valence-electron chi connectivity index (χ0n) is 14.7. The summed E-state index contributed by atoms with van der Waals surface area (Å²) in [5.74, 6) is -0.236. The Hall–Kier alpha value is -3.72. The summed E-state index contributed by atoms with van der Waals surface area (Å²) in [6, 6.07) is 26.1. The van der Waals surface area contributed by atoms with Crippen LogP contribution in [0.1, 0.15) is 21.5 Å². The molecular formula is C24H19NO2. The van der Waals surface area contributed by atoms with Gasteiger partial charge in [0.05, 0.1) is 0 Å². The lowest BCUT2D eigenvalue weighted by atomic mass is 10.1. The van der Waals surface area contributed by atoms with Gasteiger partial charge in [-0.05, 0) is 35.4 Å². The van der Waals surface area contributed by atoms with Gasteiger partial charge in [0, 0.05) is 17.3 Å². The van der Waals surface area contributed by atoms with Crippen molar-refractivity contribution in [2.24, 2.45) is 0 Å². The summed E-state index contributed by atoms with van der Waals surface area (Å²) in [6.45, 7) is 0. The molecule has 27 heavy (non-hydrogen) atoms. The molecule has 3 aromatic carbocycles. The third kappa shape index (κ3) is 5.65. The van der Waals surface area contributed by atoms with Gasteiger partial charge in [-0.3, -0.25) is 9.59 Å². The van der Waals surface area contributed by atoms with Gasteiger partial charge in [0.25, 0.3) is 0 Å². The van der Waals surface area contributed by atoms with Crippen molar-refractivity contribution in [3.05, 3.63) is 114 Å². The van der Waals surface area contributed by atoms with E-state index in [1.807, 2.05) is 60.7 Å². The van der Waals surface area contributed by atoms with E-state index in [1.54, 1.807) is 42.5 Å². The first-order valence-corrected chi connectivity index (χ1v) is 8.62. The van der Waals surface area contributed by atoms with Crippen molar-refractivity contribution in [1.82, 2.24) is 0 Å². The van der Waals surface area contributed by atoms with Crippen molar-refractivity contribution in [1.29, 1.82) is 0 Å². The summed E-state index contributed by atoms with van der Waals surface area (Å²) >= 11 is 0. The molecule has 0 aliphatic rings. The topological polar surface area (TPSA) is 46.2 Å². The van der Waals surface area contributed by atoms with Crippen molar-refractivity contribution in [2.75, 3.05) is 5.32 Å². The summed E-state index contributed by atoms with van der Waals surface area (Å²) in [6.07, 6.45) is 6.57. The SMILES string of the molecule is O=C(/C=C/c1ccccc1)Nc1ccc(/C=C/C(=O)c2ccccc2)cc1. The van der Waals surface area contributed by atoms with E-state index < -0.39 is 0 Å². The average Bonchev–Trinajstić information content (AvgIpc) is 2.73. The molecule has 132 valence electrons. The van der Waals surface area contributed by atoms with Gasteiger partial charge in [-0.1, -0.05) is 78.9 Å². The molecule has 0 saturated heterocycles. The first-order valence-electron chi connectivity index (χ1n) is 8.62. The fourth-order valence-electron chi connectivity index (χ4n) is 2.47. The van der Waals surface area contributed by atoms with Crippen LogP contribution in [0.5, 0.6) is 0 Å². The molecule has 0 spiro atoms. The first-order chi connectivity index (χ1) is 13.2. The highest BCUT2D eigenvalue weighted by Gasteiger charge is 2.00. The smallest absolute Gasteiger partial charge is 0.248 e. The quantitative estimate of drug-likeness (QED) is 0.487. The van der Waals surface area contributed by atoms with Crippen LogP contribution in [0.25, 0.3) is 12.2 Å². The normalized spacial score (nSPS) is 11.0. The molecule has 0 radical (unpaired) electrons. The van der Waals surface area contributed by atoms with Crippen LogP contribution >= 0.6 is 0 Å². The van der Waals surface area contributed by atoms with E-state index in [4.69, 9.17) is 0 Å². The van der Waals surface area contributed by atoms with E-state index in [1.165, 1.54) is 6.08 Å². The van der Waals surface area contributed by atoms with E-state index in [9.17, 15) is 9.59 Å². The Labute approximate surface area is 158 Å². The molecule has 0 aliphatic carbocycles. The maximum Gasteiger partial charge on any atom is 0.248 e. The largest absolute Gasteiger partial charge is 0.323 e. The molecule has 3 aromatic rings. The number of nitrogens with one attached hydrogen (secondary N) is 1. The molecule has 0 bridgehead atoms. The highest BCUT2D eigenvalue weighted by molar-refractivity contribution is 6.06. The van der Waals surface area contributed by atoms with Crippen LogP contribution in [-0.2, 0) is 4.79 Å². The van der Waals surface area contributed by atoms with Crippen LogP contribution in [0.15, 0.2) is 97.1 Å². The summed E-state index contributed by atoms with van der Waals surface area (Å²) in [7, 11) is 0. The van der Waals surface area contributed by atoms with E-state index in [0.29, 0.717) is 11.3 Å². The standard InChI is InChI=1S/C24H19NO2/c26-23(21-9-5-2-6-10-21)17-13-20-11-15-22(16-12-20)25-24(27)18-14-19-7-3-1-4-8-19/h1-18H,(H,25,27)/b17-13+,18-14+. The van der Waals surface area contributed by atoms with Crippen molar-refractivity contribution in [3.8, 4) is 0 Å². The van der Waals surface area contributed by atoms with E-state index in [0.717, 1.165) is 11.1 Å². The third-order valence-electron chi connectivity index (χ3n) is 3.89. The van der Waals surface area contributed by atoms with Gasteiger partial charge in [0.15, 0.2) is 5.78 Å². The summed E-state index contributed by atoms with van der Waals surface area (Å²) < 4.78 is 0. The van der Waals surface area contributed by atoms with Crippen molar-refractivity contribution >= 4 is 29.5 Å². The zero-order valence-corrected chi connectivity index (χ0v) is 14.7. The molecule has 0 unspecified atom stereocenters. The molecule has 0 aromatic heterocycles. The van der Waals surface area contributed by atoms with Crippen LogP contribution in [0, 0.1) is 0 Å². The third-order valence-corrected chi connectivity index (χ3v) is 3.89. The van der Waals surface area contributed by atoms with Crippen molar-refractivity contribution in [3.63, 3.8) is 0 Å². The van der Waals surface area contributed by atoms with E-state index >= 15 is 0 Å². The van der Waals surface area contributed by atoms with Gasteiger partial charge in [0.1, 0.15) is 0 Å². The minimum absolute atomic E-state index is 0.0426. The monoisotopic (exact) mass is 353 g/mol. The minimum Gasteiger partial charge on any atom is -0.323 e. The Morgan fingerprint density at radius 2 is 1.19 bits per heavy atom. The molecule has 3 nitrogen and oxygen atoms in total. The lowest BCUT2D eigenvalue weighted by Gasteiger charge is -2.02. The molecule has 3 rings (SSSR count). The van der Waals surface area contributed by atoms with Gasteiger partial charge in [-0.25, -0.2) is 0 Å². The predicted molar refractivity (Wildman–Crippen MR) is 110 cm³/mol. The molecule has 0 heterocycles.